The summed E-state index contributed by atoms with van der Waals surface area (Å²) in [6.07, 6.45) is 5.67. The second kappa shape index (κ2) is 13.9. The molecule has 0 saturated heterocycles. The lowest BCUT2D eigenvalue weighted by atomic mass is 9.33. The number of hydrogen-bond donors (Lipinski definition) is 0. The minimum absolute atomic E-state index is 0.0948. The Hall–Kier alpha value is -8.34. The van der Waals surface area contributed by atoms with E-state index in [-0.39, 0.29) is 12.1 Å². The second-order valence-electron chi connectivity index (χ2n) is 20.6. The van der Waals surface area contributed by atoms with Crippen LogP contribution in [-0.4, -0.2) is 28.9 Å². The van der Waals surface area contributed by atoms with Crippen LogP contribution in [0.5, 0.6) is 34.5 Å². The van der Waals surface area contributed by atoms with Crippen LogP contribution >= 0.6 is 0 Å². The van der Waals surface area contributed by atoms with Crippen LogP contribution in [0.2, 0.25) is 13.1 Å². The Labute approximate surface area is 406 Å². The zero-order valence-electron chi connectivity index (χ0n) is 39.3. The molecular weight excluding hydrogens is 878 g/mol. The van der Waals surface area contributed by atoms with Gasteiger partial charge in [-0.2, -0.15) is 0 Å². The Morgan fingerprint density at radius 1 is 0.629 bits per heavy atom. The Bertz CT molecular complexity index is 4060. The molecule has 4 aliphatic rings. The Morgan fingerprint density at radius 2 is 1.34 bits per heavy atom. The average Bonchev–Trinajstić information content (AvgIpc) is 3.93. The van der Waals surface area contributed by atoms with Crippen LogP contribution in [0.25, 0.3) is 50.0 Å². The molecule has 0 atom stereocenters. The Morgan fingerprint density at radius 3 is 2.11 bits per heavy atom. The first-order chi connectivity index (χ1) is 34.1. The molecular formula is C60H44BN5O3Si. The van der Waals surface area contributed by atoms with E-state index >= 15 is 0 Å². The first-order valence-corrected chi connectivity index (χ1v) is 27.1. The maximum atomic E-state index is 7.28. The van der Waals surface area contributed by atoms with E-state index in [1.807, 2.05) is 6.20 Å². The minimum Gasteiger partial charge on any atom is -0.458 e. The van der Waals surface area contributed by atoms with Gasteiger partial charge in [0.25, 0.3) is 13.0 Å². The van der Waals surface area contributed by atoms with Gasteiger partial charge in [0.2, 0.25) is 0 Å². The SMILES string of the molecule is CC(C)(C)c1ccnc(-n2c3cc(Oc4ccc5c(c4)-n4[c-][n+](-c6ccccc6)c6cccc(c64)[Si]5(C)C)ccc3c3c4c5c(cc32)Oc2cccc3c2B5c2c(cccc2N3c2ccccc2)O4)c1. The lowest BCUT2D eigenvalue weighted by Crippen LogP contribution is -2.61. The first kappa shape index (κ1) is 39.6. The van der Waals surface area contributed by atoms with E-state index < -0.39 is 8.07 Å². The fraction of sp³-hybridized carbons (Fsp3) is 0.100. The summed E-state index contributed by atoms with van der Waals surface area (Å²) in [6.45, 7) is 11.5. The van der Waals surface area contributed by atoms with Gasteiger partial charge in [0.05, 0.1) is 38.8 Å². The molecule has 8 aromatic carbocycles. The fourth-order valence-electron chi connectivity index (χ4n) is 11.9. The summed E-state index contributed by atoms with van der Waals surface area (Å²) in [5.41, 5.74) is 14.2. The van der Waals surface area contributed by atoms with Crippen molar-refractivity contribution in [2.75, 3.05) is 4.90 Å². The third kappa shape index (κ3) is 5.36. The smallest absolute Gasteiger partial charge is 0.269 e. The van der Waals surface area contributed by atoms with Gasteiger partial charge in [-0.1, -0.05) is 107 Å². The standard InChI is InChI=1S/C60H44BN5O3Si/c1-60(2,3)36-29-30-62-53(31-36)66-45-32-39(67-40-26-28-51-46(33-40)64-35-63(37-15-8-6-9-16-37)44-21-14-24-52(58(44)64)70(51,4)5)25-27-41(45)54-47(66)34-50-57-59(54)69-49-23-13-20-43-56(49)61(57)55-42(19-12-22-48(55)68-50)65(43)38-17-10-7-11-18-38/h6-34H,1-5H3. The van der Waals surface area contributed by atoms with Crippen LogP contribution in [0.3, 0.4) is 0 Å². The van der Waals surface area contributed by atoms with Crippen molar-refractivity contribution in [3.63, 3.8) is 0 Å². The van der Waals surface area contributed by atoms with Gasteiger partial charge in [-0.25, -0.2) is 4.98 Å². The van der Waals surface area contributed by atoms with Crippen molar-refractivity contribution in [2.45, 2.75) is 39.3 Å². The van der Waals surface area contributed by atoms with Gasteiger partial charge < -0.3 is 19.1 Å². The first-order valence-electron chi connectivity index (χ1n) is 24.1. The quantitative estimate of drug-likeness (QED) is 0.0978. The minimum atomic E-state index is -2.11. The summed E-state index contributed by atoms with van der Waals surface area (Å²) in [6, 6.07) is 60.2. The molecule has 0 fully saturated rings. The average molecular weight is 922 g/mol. The number of anilines is 3. The largest absolute Gasteiger partial charge is 0.458 e. The molecule has 334 valence electrons. The van der Waals surface area contributed by atoms with Crippen LogP contribution < -0.4 is 50.4 Å². The number of nitrogens with zero attached hydrogens (tertiary/aromatic N) is 5. The molecule has 11 aromatic rings. The predicted octanol–water partition coefficient (Wildman–Crippen LogP) is 10.9. The summed E-state index contributed by atoms with van der Waals surface area (Å²) in [5, 5.41) is 4.79. The normalized spacial score (nSPS) is 14.4. The topological polar surface area (TPSA) is 57.6 Å². The van der Waals surface area contributed by atoms with Crippen molar-refractivity contribution in [3.05, 3.63) is 188 Å². The van der Waals surface area contributed by atoms with Crippen LogP contribution in [0, 0.1) is 6.33 Å². The molecule has 3 aromatic heterocycles. The molecule has 0 saturated carbocycles. The van der Waals surface area contributed by atoms with E-state index in [0.717, 1.165) is 107 Å². The number of fused-ring (bicyclic) bond motifs is 6. The van der Waals surface area contributed by atoms with E-state index in [1.54, 1.807) is 0 Å². The zero-order chi connectivity index (χ0) is 46.8. The van der Waals surface area contributed by atoms with E-state index in [1.165, 1.54) is 21.5 Å². The maximum absolute atomic E-state index is 7.28. The molecule has 0 unspecified atom stereocenters. The molecule has 7 heterocycles. The predicted molar refractivity (Wildman–Crippen MR) is 284 cm³/mol. The zero-order valence-corrected chi connectivity index (χ0v) is 40.3. The number of benzene rings is 8. The monoisotopic (exact) mass is 921 g/mol. The van der Waals surface area contributed by atoms with E-state index in [0.29, 0.717) is 5.75 Å². The van der Waals surface area contributed by atoms with Crippen molar-refractivity contribution in [1.29, 1.82) is 0 Å². The fourth-order valence-corrected chi connectivity index (χ4v) is 14.9. The summed E-state index contributed by atoms with van der Waals surface area (Å²) in [4.78, 5) is 7.43. The van der Waals surface area contributed by atoms with Crippen LogP contribution in [-0.2, 0) is 5.41 Å². The van der Waals surface area contributed by atoms with Crippen molar-refractivity contribution in [3.8, 4) is 51.7 Å². The lowest BCUT2D eigenvalue weighted by Gasteiger charge is -2.42. The van der Waals surface area contributed by atoms with Crippen molar-refractivity contribution in [1.82, 2.24) is 14.1 Å². The van der Waals surface area contributed by atoms with Crippen molar-refractivity contribution in [2.24, 2.45) is 0 Å². The van der Waals surface area contributed by atoms with E-state index in [9.17, 15) is 0 Å². The number of ether oxygens (including phenoxy) is 3. The number of imidazole rings is 1. The van der Waals surface area contributed by atoms with Crippen LogP contribution in [0.4, 0.5) is 17.1 Å². The number of pyridine rings is 1. The van der Waals surface area contributed by atoms with Gasteiger partial charge in [0, 0.05) is 46.2 Å². The highest BCUT2D eigenvalue weighted by molar-refractivity contribution is 7.02. The van der Waals surface area contributed by atoms with E-state index in [4.69, 9.17) is 19.2 Å². The Kier molecular flexibility index (Phi) is 7.87. The summed E-state index contributed by atoms with van der Waals surface area (Å²) in [5.74, 6) is 5.57. The second-order valence-corrected chi connectivity index (χ2v) is 24.9. The van der Waals surface area contributed by atoms with Gasteiger partial charge in [-0.05, 0) is 117 Å². The van der Waals surface area contributed by atoms with Crippen molar-refractivity contribution < 1.29 is 18.8 Å². The van der Waals surface area contributed by atoms with E-state index in [2.05, 4.69) is 229 Å². The molecule has 0 radical (unpaired) electrons. The molecule has 15 rings (SSSR count). The number of para-hydroxylation sites is 3. The maximum Gasteiger partial charge on any atom is 0.269 e. The number of hydrogen-bond acceptors (Lipinski definition) is 5. The molecule has 0 amide bonds. The van der Waals surface area contributed by atoms with Gasteiger partial charge in [-0.15, -0.1) is 0 Å². The summed E-state index contributed by atoms with van der Waals surface area (Å²) in [7, 11) is -2.11. The van der Waals surface area contributed by atoms with Crippen LogP contribution in [0.15, 0.2) is 176 Å². The molecule has 4 aliphatic heterocycles. The van der Waals surface area contributed by atoms with Crippen molar-refractivity contribution >= 4 is 91.4 Å². The summed E-state index contributed by atoms with van der Waals surface area (Å²) >= 11 is 0. The molecule has 8 nitrogen and oxygen atoms in total. The highest BCUT2D eigenvalue weighted by atomic mass is 28.3. The lowest BCUT2D eigenvalue weighted by molar-refractivity contribution is -0.572. The molecule has 70 heavy (non-hydrogen) atoms. The molecule has 0 spiro atoms. The molecule has 0 bridgehead atoms. The van der Waals surface area contributed by atoms with Gasteiger partial charge in [-0.3, -0.25) is 13.7 Å². The van der Waals surface area contributed by atoms with Gasteiger partial charge in [0.15, 0.2) is 0 Å². The highest BCUT2D eigenvalue weighted by Crippen LogP contribution is 2.50. The third-order valence-electron chi connectivity index (χ3n) is 15.2. The van der Waals surface area contributed by atoms with Crippen LogP contribution in [0.1, 0.15) is 26.3 Å². The van der Waals surface area contributed by atoms with Gasteiger partial charge >= 0.3 is 0 Å². The third-order valence-corrected chi connectivity index (χ3v) is 18.7. The number of aromatic nitrogens is 4. The molecule has 10 heteroatoms. The highest BCUT2D eigenvalue weighted by Gasteiger charge is 2.48. The van der Waals surface area contributed by atoms with Gasteiger partial charge in [0.1, 0.15) is 48.4 Å². The number of rotatable bonds is 5. The molecule has 0 aliphatic carbocycles. The molecule has 0 N–H and O–H groups in total. The summed E-state index contributed by atoms with van der Waals surface area (Å²) < 4.78 is 28.0. The Balaban J connectivity index is 0.925.